The van der Waals surface area contributed by atoms with Crippen molar-refractivity contribution in [3.05, 3.63) is 51.6 Å². The van der Waals surface area contributed by atoms with Gasteiger partial charge >= 0.3 is 0 Å². The number of benzene rings is 2. The number of Topliss-reactive ketones (excluding diaryl/α,β-unsaturated/α-hetero) is 1. The van der Waals surface area contributed by atoms with Crippen LogP contribution < -0.4 is 10.5 Å². The van der Waals surface area contributed by atoms with Crippen molar-refractivity contribution in [1.82, 2.24) is 0 Å². The minimum absolute atomic E-state index is 0. The first-order valence-corrected chi connectivity index (χ1v) is 12.4. The Morgan fingerprint density at radius 1 is 1.15 bits per heavy atom. The Morgan fingerprint density at radius 2 is 1.80 bits per heavy atom. The molecule has 2 aliphatic carbocycles. The van der Waals surface area contributed by atoms with Gasteiger partial charge < -0.3 is 45.5 Å². The van der Waals surface area contributed by atoms with Gasteiger partial charge in [0.05, 0.1) is 42.1 Å². The second kappa shape index (κ2) is 12.1. The molecule has 0 aromatic heterocycles. The molecule has 0 spiro atoms. The van der Waals surface area contributed by atoms with Crippen LogP contribution in [0.15, 0.2) is 18.2 Å². The standard InChI is InChI=1S/C27H29NO11.Ag.ClH/c1-10-22(31)13(28)6-17(38-10)39-15-8-27(36,16(30)9-29)7-12-19(15)26(35)21-20(24(12)33)23(32)11-4-3-5-14(37-2)18(11)25(21)34;;/h3-5,10,13,15,17,22,29,31,33,35-36H,6-9,28H2,1-2H3;;1H/t10?,13?,15-,17?,22?,27-;;/m0../s1. The van der Waals surface area contributed by atoms with Crippen molar-refractivity contribution in [2.75, 3.05) is 13.7 Å². The number of aliphatic hydroxyl groups is 3. The van der Waals surface area contributed by atoms with Gasteiger partial charge in [-0.15, -0.1) is 12.4 Å². The normalized spacial score (nSPS) is 28.4. The van der Waals surface area contributed by atoms with E-state index in [0.29, 0.717) is 0 Å². The molecule has 0 saturated carbocycles. The van der Waals surface area contributed by atoms with E-state index in [1.165, 1.54) is 25.3 Å². The Balaban J connectivity index is 0.00000231. The predicted octanol–water partition coefficient (Wildman–Crippen LogP) is 0.421. The first-order chi connectivity index (χ1) is 18.4. The van der Waals surface area contributed by atoms with Crippen molar-refractivity contribution in [2.24, 2.45) is 5.73 Å². The summed E-state index contributed by atoms with van der Waals surface area (Å²) in [5, 5.41) is 53.7. The number of hydrogen-bond acceptors (Lipinski definition) is 12. The topological polar surface area (TPSA) is 206 Å². The molecule has 4 unspecified atom stereocenters. The van der Waals surface area contributed by atoms with Crippen LogP contribution in [0.1, 0.15) is 68.8 Å². The van der Waals surface area contributed by atoms with Crippen molar-refractivity contribution in [3.63, 3.8) is 0 Å². The van der Waals surface area contributed by atoms with Crippen LogP contribution in [-0.4, -0.2) is 86.7 Å². The molecule has 2 aromatic rings. The fourth-order valence-corrected chi connectivity index (χ4v) is 5.75. The number of phenols is 2. The molecule has 12 nitrogen and oxygen atoms in total. The fraction of sp³-hybridized carbons (Fsp3) is 0.444. The smallest absolute Gasteiger partial charge is 0.202 e. The molecule has 14 heteroatoms. The van der Waals surface area contributed by atoms with Crippen molar-refractivity contribution in [2.45, 2.75) is 62.4 Å². The number of nitrogens with two attached hydrogens (primary N) is 1. The van der Waals surface area contributed by atoms with Crippen LogP contribution in [0.3, 0.4) is 0 Å². The second-order valence-corrected chi connectivity index (χ2v) is 10.2. The Hall–Kier alpha value is -2.36. The van der Waals surface area contributed by atoms with E-state index in [2.05, 4.69) is 0 Å². The maximum Gasteiger partial charge on any atom is 0.202 e. The molecular weight excluding hydrogens is 658 g/mol. The van der Waals surface area contributed by atoms with E-state index in [1.807, 2.05) is 0 Å². The minimum atomic E-state index is -2.24. The molecule has 1 radical (unpaired) electrons. The Kier molecular flexibility index (Phi) is 9.78. The molecule has 1 aliphatic heterocycles. The van der Waals surface area contributed by atoms with Crippen LogP contribution in [0.5, 0.6) is 17.2 Å². The van der Waals surface area contributed by atoms with E-state index < -0.39 is 95.7 Å². The van der Waals surface area contributed by atoms with E-state index in [0.717, 1.165) is 0 Å². The van der Waals surface area contributed by atoms with Gasteiger partial charge in [0.2, 0.25) is 5.78 Å². The Labute approximate surface area is 256 Å². The second-order valence-electron chi connectivity index (χ2n) is 10.2. The number of hydrogen-bond donors (Lipinski definition) is 6. The predicted molar refractivity (Wildman–Crippen MR) is 139 cm³/mol. The molecule has 3 aliphatic rings. The first kappa shape index (κ1) is 33.1. The third kappa shape index (κ3) is 5.23. The molecule has 7 N–H and O–H groups in total. The van der Waals surface area contributed by atoms with Crippen LogP contribution in [-0.2, 0) is 43.1 Å². The van der Waals surface area contributed by atoms with E-state index in [4.69, 9.17) is 19.9 Å². The molecule has 0 amide bonds. The molecule has 6 atom stereocenters. The minimum Gasteiger partial charge on any atom is -0.507 e. The van der Waals surface area contributed by atoms with Crippen molar-refractivity contribution in [3.8, 4) is 17.2 Å². The van der Waals surface area contributed by atoms with Gasteiger partial charge in [-0.1, -0.05) is 12.1 Å². The van der Waals surface area contributed by atoms with Gasteiger partial charge in [0.25, 0.3) is 0 Å². The number of carbonyl (C=O) groups is 3. The Bertz CT molecular complexity index is 1390. The van der Waals surface area contributed by atoms with Crippen molar-refractivity contribution < 1.29 is 76.5 Å². The summed E-state index contributed by atoms with van der Waals surface area (Å²) in [6.45, 7) is 0.560. The average Bonchev–Trinajstić information content (AvgIpc) is 2.90. The molecule has 2 aromatic carbocycles. The number of carbonyl (C=O) groups excluding carboxylic acids is 3. The zero-order valence-corrected chi connectivity index (χ0v) is 24.2. The number of rotatable bonds is 5. The summed E-state index contributed by atoms with van der Waals surface area (Å²) in [6, 6.07) is 3.64. The van der Waals surface area contributed by atoms with Gasteiger partial charge in [0.1, 0.15) is 29.5 Å². The van der Waals surface area contributed by atoms with Crippen LogP contribution in [0.4, 0.5) is 0 Å². The van der Waals surface area contributed by atoms with Gasteiger partial charge in [0, 0.05) is 64.4 Å². The molecule has 5 rings (SSSR count). The summed E-state index contributed by atoms with van der Waals surface area (Å²) in [4.78, 5) is 39.7. The number of ketones is 3. The third-order valence-electron chi connectivity index (χ3n) is 7.81. The molecule has 1 heterocycles. The number of aromatic hydroxyl groups is 2. The number of aliphatic hydroxyl groups excluding tert-OH is 2. The van der Waals surface area contributed by atoms with E-state index in [1.54, 1.807) is 6.92 Å². The summed E-state index contributed by atoms with van der Waals surface area (Å²) < 4.78 is 17.0. The van der Waals surface area contributed by atoms with Crippen LogP contribution in [0, 0.1) is 0 Å². The summed E-state index contributed by atoms with van der Waals surface area (Å²) in [6.07, 6.45) is -5.12. The van der Waals surface area contributed by atoms with Crippen LogP contribution in [0.2, 0.25) is 0 Å². The quantitative estimate of drug-likeness (QED) is 0.160. The summed E-state index contributed by atoms with van der Waals surface area (Å²) in [7, 11) is 1.32. The fourth-order valence-electron chi connectivity index (χ4n) is 5.75. The summed E-state index contributed by atoms with van der Waals surface area (Å²) >= 11 is 0. The maximum absolute atomic E-state index is 13.6. The molecule has 0 bridgehead atoms. The maximum atomic E-state index is 13.6. The van der Waals surface area contributed by atoms with E-state index >= 15 is 0 Å². The van der Waals surface area contributed by atoms with Gasteiger partial charge in [-0.05, 0) is 13.0 Å². The van der Waals surface area contributed by atoms with Crippen LogP contribution in [0.25, 0.3) is 0 Å². The van der Waals surface area contributed by atoms with Crippen molar-refractivity contribution in [1.29, 1.82) is 0 Å². The van der Waals surface area contributed by atoms with E-state index in [9.17, 15) is 39.9 Å². The zero-order valence-electron chi connectivity index (χ0n) is 21.9. The van der Waals surface area contributed by atoms with Gasteiger partial charge in [-0.3, -0.25) is 14.4 Å². The zero-order chi connectivity index (χ0) is 28.4. The number of ether oxygens (including phenoxy) is 3. The molecular formula is C27H30AgClNO11. The molecule has 1 fully saturated rings. The van der Waals surface area contributed by atoms with E-state index in [-0.39, 0.29) is 69.2 Å². The van der Waals surface area contributed by atoms with Crippen LogP contribution >= 0.6 is 12.4 Å². The average molecular weight is 688 g/mol. The summed E-state index contributed by atoms with van der Waals surface area (Å²) in [5.41, 5.74) is 2.37. The largest absolute Gasteiger partial charge is 0.507 e. The van der Waals surface area contributed by atoms with Gasteiger partial charge in [-0.25, -0.2) is 0 Å². The first-order valence-electron chi connectivity index (χ1n) is 12.4. The molecule has 41 heavy (non-hydrogen) atoms. The third-order valence-corrected chi connectivity index (χ3v) is 7.81. The summed E-state index contributed by atoms with van der Waals surface area (Å²) in [5.74, 6) is -3.77. The number of phenolic OH excluding ortho intramolecular Hbond substituents is 2. The van der Waals surface area contributed by atoms with Gasteiger partial charge in [0.15, 0.2) is 17.9 Å². The van der Waals surface area contributed by atoms with Gasteiger partial charge in [-0.2, -0.15) is 0 Å². The monoisotopic (exact) mass is 686 g/mol. The number of methoxy groups -OCH3 is 1. The molecule has 1 saturated heterocycles. The molecule has 227 valence electrons. The number of halogens is 1. The Morgan fingerprint density at radius 3 is 2.41 bits per heavy atom. The number of fused-ring (bicyclic) bond motifs is 3. The van der Waals surface area contributed by atoms with Crippen molar-refractivity contribution >= 4 is 29.8 Å². The SMILES string of the molecule is COc1cccc2c1C(=O)c1c(O)c3c(c(O)c1C2=O)C[C@@](O)(C(=O)CO)C[C@@H]3OC1CC(N)C(O)C(C)O1.Cl.[Ag].